The summed E-state index contributed by atoms with van der Waals surface area (Å²) in [7, 11) is 0. The molecule has 0 aliphatic carbocycles. The van der Waals surface area contributed by atoms with Crippen molar-refractivity contribution in [2.45, 2.75) is 19.4 Å². The fraction of sp³-hybridized carbons (Fsp3) is 0.455. The van der Waals surface area contributed by atoms with Gasteiger partial charge in [0, 0.05) is 13.0 Å². The largest absolute Gasteiger partial charge is 0.481 e. The van der Waals surface area contributed by atoms with E-state index in [1.54, 1.807) is 23.3 Å². The summed E-state index contributed by atoms with van der Waals surface area (Å²) in [5.41, 5.74) is 0. The van der Waals surface area contributed by atoms with Gasteiger partial charge in [-0.1, -0.05) is 0 Å². The molecule has 1 N–H and O–H groups in total. The lowest BCUT2D eigenvalue weighted by atomic mass is 9.98. The summed E-state index contributed by atoms with van der Waals surface area (Å²) in [6.45, 7) is 0.629. The number of piperidine rings is 1. The highest BCUT2D eigenvalue weighted by atomic mass is 16.4. The summed E-state index contributed by atoms with van der Waals surface area (Å²) in [6, 6.07) is 3.52. The van der Waals surface area contributed by atoms with E-state index in [2.05, 4.69) is 0 Å². The van der Waals surface area contributed by atoms with E-state index in [9.17, 15) is 9.59 Å². The maximum absolute atomic E-state index is 11.6. The third-order valence-electron chi connectivity index (χ3n) is 2.78. The number of hydrogen-bond acceptors (Lipinski definition) is 3. The van der Waals surface area contributed by atoms with Crippen LogP contribution in [0.5, 0.6) is 0 Å². The topological polar surface area (TPSA) is 70.8 Å². The first kappa shape index (κ1) is 10.7. The predicted molar refractivity (Wildman–Crippen MR) is 54.5 cm³/mol. The Morgan fingerprint density at radius 2 is 2.44 bits per heavy atom. The maximum atomic E-state index is 11.6. The van der Waals surface area contributed by atoms with Gasteiger partial charge in [-0.25, -0.2) is 0 Å². The summed E-state index contributed by atoms with van der Waals surface area (Å²) in [5.74, 6) is -0.613. The first-order valence-corrected chi connectivity index (χ1v) is 5.20. The summed E-state index contributed by atoms with van der Waals surface area (Å²) in [6.07, 6.45) is 2.28. The molecule has 1 atom stereocenters. The maximum Gasteiger partial charge on any atom is 0.308 e. The van der Waals surface area contributed by atoms with Crippen molar-refractivity contribution < 1.29 is 19.1 Å². The van der Waals surface area contributed by atoms with E-state index in [0.717, 1.165) is 0 Å². The molecule has 5 nitrogen and oxygen atoms in total. The second-order valence-corrected chi connectivity index (χ2v) is 3.93. The van der Waals surface area contributed by atoms with Crippen LogP contribution in [0.3, 0.4) is 0 Å². The quantitative estimate of drug-likeness (QED) is 0.833. The summed E-state index contributed by atoms with van der Waals surface area (Å²) in [4.78, 5) is 24.0. The van der Waals surface area contributed by atoms with Gasteiger partial charge in [-0.05, 0) is 18.6 Å². The summed E-state index contributed by atoms with van der Waals surface area (Å²) in [5, 5.41) is 8.91. The van der Waals surface area contributed by atoms with E-state index in [4.69, 9.17) is 9.52 Å². The van der Waals surface area contributed by atoms with Crippen molar-refractivity contribution in [1.82, 2.24) is 4.90 Å². The highest BCUT2D eigenvalue weighted by Crippen LogP contribution is 2.19. The van der Waals surface area contributed by atoms with E-state index in [1.807, 2.05) is 0 Å². The summed E-state index contributed by atoms with van der Waals surface area (Å²) >= 11 is 0. The highest BCUT2D eigenvalue weighted by molar-refractivity contribution is 5.80. The second kappa shape index (κ2) is 4.38. The van der Waals surface area contributed by atoms with Crippen LogP contribution < -0.4 is 0 Å². The van der Waals surface area contributed by atoms with Gasteiger partial charge in [-0.2, -0.15) is 0 Å². The third-order valence-corrected chi connectivity index (χ3v) is 2.78. The molecule has 0 aromatic carbocycles. The lowest BCUT2D eigenvalue weighted by Gasteiger charge is -2.29. The Bertz CT molecular complexity index is 385. The molecule has 5 heteroatoms. The molecule has 1 aromatic heterocycles. The van der Waals surface area contributed by atoms with Crippen LogP contribution in [0.4, 0.5) is 0 Å². The number of carbonyl (C=O) groups is 2. The van der Waals surface area contributed by atoms with Gasteiger partial charge < -0.3 is 14.4 Å². The van der Waals surface area contributed by atoms with Crippen molar-refractivity contribution in [3.8, 4) is 0 Å². The van der Waals surface area contributed by atoms with Crippen molar-refractivity contribution in [3.63, 3.8) is 0 Å². The minimum Gasteiger partial charge on any atom is -0.481 e. The van der Waals surface area contributed by atoms with E-state index in [1.165, 1.54) is 0 Å². The van der Waals surface area contributed by atoms with Crippen molar-refractivity contribution in [3.05, 3.63) is 24.2 Å². The van der Waals surface area contributed by atoms with Crippen molar-refractivity contribution in [2.24, 2.45) is 5.92 Å². The molecule has 0 bridgehead atoms. The van der Waals surface area contributed by atoms with E-state index < -0.39 is 11.9 Å². The van der Waals surface area contributed by atoms with Gasteiger partial charge in [-0.3, -0.25) is 9.59 Å². The zero-order valence-corrected chi connectivity index (χ0v) is 8.76. The molecule has 1 aromatic rings. The number of carbonyl (C=O) groups excluding carboxylic acids is 1. The Morgan fingerprint density at radius 1 is 1.62 bits per heavy atom. The molecule has 2 rings (SSSR count). The minimum atomic E-state index is -0.836. The number of likely N-dealkylation sites (tertiary alicyclic amines) is 1. The molecular formula is C11H13NO4. The Balaban J connectivity index is 2.01. The number of carboxylic acid groups (broad SMARTS) is 1. The van der Waals surface area contributed by atoms with E-state index in [-0.39, 0.29) is 12.5 Å². The smallest absolute Gasteiger partial charge is 0.308 e. The van der Waals surface area contributed by atoms with Gasteiger partial charge in [0.2, 0.25) is 5.91 Å². The lowest BCUT2D eigenvalue weighted by molar-refractivity contribution is -0.147. The van der Waals surface area contributed by atoms with Crippen LogP contribution in [-0.4, -0.2) is 28.4 Å². The average Bonchev–Trinajstić information content (AvgIpc) is 2.73. The molecule has 1 unspecified atom stereocenters. The van der Waals surface area contributed by atoms with Gasteiger partial charge >= 0.3 is 5.97 Å². The molecular weight excluding hydrogens is 210 g/mol. The number of amides is 1. The first-order chi connectivity index (χ1) is 7.66. The van der Waals surface area contributed by atoms with Crippen LogP contribution in [-0.2, 0) is 16.1 Å². The number of aliphatic carboxylic acids is 1. The molecule has 2 heterocycles. The minimum absolute atomic E-state index is 0.00565. The number of carboxylic acids is 1. The Morgan fingerprint density at radius 3 is 3.06 bits per heavy atom. The molecule has 86 valence electrons. The fourth-order valence-electron chi connectivity index (χ4n) is 1.86. The molecule has 0 radical (unpaired) electrons. The standard InChI is InChI=1S/C11H13NO4/c13-10-4-3-8(11(14)15)6-12(10)7-9-2-1-5-16-9/h1-2,5,8H,3-4,6-7H2,(H,14,15). The molecule has 1 aliphatic rings. The zero-order valence-electron chi connectivity index (χ0n) is 8.76. The van der Waals surface area contributed by atoms with Crippen LogP contribution >= 0.6 is 0 Å². The third kappa shape index (κ3) is 2.24. The SMILES string of the molecule is O=C(O)C1CCC(=O)N(Cc2ccco2)C1. The molecule has 0 saturated carbocycles. The number of hydrogen-bond donors (Lipinski definition) is 1. The number of nitrogens with zero attached hydrogens (tertiary/aromatic N) is 1. The van der Waals surface area contributed by atoms with E-state index in [0.29, 0.717) is 25.1 Å². The number of furan rings is 1. The second-order valence-electron chi connectivity index (χ2n) is 3.93. The monoisotopic (exact) mass is 223 g/mol. The van der Waals surface area contributed by atoms with Gasteiger partial charge in [-0.15, -0.1) is 0 Å². The zero-order chi connectivity index (χ0) is 11.5. The Hall–Kier alpha value is -1.78. The van der Waals surface area contributed by atoms with Gasteiger partial charge in [0.05, 0.1) is 18.7 Å². The van der Waals surface area contributed by atoms with Crippen molar-refractivity contribution in [2.75, 3.05) is 6.54 Å². The molecule has 16 heavy (non-hydrogen) atoms. The average molecular weight is 223 g/mol. The Labute approximate surface area is 92.7 Å². The van der Waals surface area contributed by atoms with Gasteiger partial charge in [0.25, 0.3) is 0 Å². The summed E-state index contributed by atoms with van der Waals surface area (Å²) < 4.78 is 5.14. The molecule has 1 aliphatic heterocycles. The highest BCUT2D eigenvalue weighted by Gasteiger charge is 2.30. The van der Waals surface area contributed by atoms with Gasteiger partial charge in [0.1, 0.15) is 5.76 Å². The number of rotatable bonds is 3. The van der Waals surface area contributed by atoms with Crippen LogP contribution in [0, 0.1) is 5.92 Å². The first-order valence-electron chi connectivity index (χ1n) is 5.20. The van der Waals surface area contributed by atoms with Crippen LogP contribution in [0.1, 0.15) is 18.6 Å². The van der Waals surface area contributed by atoms with Crippen LogP contribution in [0.2, 0.25) is 0 Å². The van der Waals surface area contributed by atoms with Crippen molar-refractivity contribution in [1.29, 1.82) is 0 Å². The fourth-order valence-corrected chi connectivity index (χ4v) is 1.86. The Kier molecular flexibility index (Phi) is 2.94. The molecule has 0 spiro atoms. The molecule has 1 fully saturated rings. The normalized spacial score (nSPS) is 21.1. The van der Waals surface area contributed by atoms with E-state index >= 15 is 0 Å². The van der Waals surface area contributed by atoms with Crippen molar-refractivity contribution >= 4 is 11.9 Å². The molecule has 1 saturated heterocycles. The van der Waals surface area contributed by atoms with Gasteiger partial charge in [0.15, 0.2) is 0 Å². The lowest BCUT2D eigenvalue weighted by Crippen LogP contribution is -2.41. The van der Waals surface area contributed by atoms with Crippen LogP contribution in [0.25, 0.3) is 0 Å². The predicted octanol–water partition coefficient (Wildman–Crippen LogP) is 1.10. The van der Waals surface area contributed by atoms with Crippen LogP contribution in [0.15, 0.2) is 22.8 Å². The molecule has 1 amide bonds.